The maximum Gasteiger partial charge on any atom is 0.245 e. The van der Waals surface area contributed by atoms with Crippen molar-refractivity contribution in [2.24, 2.45) is 0 Å². The average Bonchev–Trinajstić information content (AvgIpc) is 2.82. The molecule has 0 atom stereocenters. The van der Waals surface area contributed by atoms with Gasteiger partial charge >= 0.3 is 0 Å². The zero-order valence-corrected chi connectivity index (χ0v) is 20.3. The van der Waals surface area contributed by atoms with E-state index in [2.05, 4.69) is 11.9 Å². The number of sulfonamides is 2. The van der Waals surface area contributed by atoms with Crippen molar-refractivity contribution < 1.29 is 31.1 Å². The highest BCUT2D eigenvalue weighted by molar-refractivity contribution is 7.92. The Labute approximate surface area is 199 Å². The van der Waals surface area contributed by atoms with Crippen LogP contribution in [0.4, 0.5) is 11.4 Å². The molecule has 1 aliphatic rings. The quantitative estimate of drug-likeness (QED) is 0.484. The predicted molar refractivity (Wildman–Crippen MR) is 129 cm³/mol. The Bertz CT molecular complexity index is 1210. The largest absolute Gasteiger partial charge is 0.490 e. The minimum atomic E-state index is -3.82. The van der Waals surface area contributed by atoms with Crippen LogP contribution in [0.1, 0.15) is 0 Å². The molecule has 2 aromatic carbocycles. The molecular formula is C22H27N3O7S2. The average molecular weight is 510 g/mol. The summed E-state index contributed by atoms with van der Waals surface area (Å²) in [5.41, 5.74) is 0.642. The highest BCUT2D eigenvalue weighted by Gasteiger charge is 2.27. The van der Waals surface area contributed by atoms with Crippen LogP contribution in [0.15, 0.2) is 66.1 Å². The molecule has 0 bridgehead atoms. The Morgan fingerprint density at radius 2 is 1.71 bits per heavy atom. The fourth-order valence-electron chi connectivity index (χ4n) is 3.24. The van der Waals surface area contributed by atoms with Gasteiger partial charge in [0, 0.05) is 18.8 Å². The minimum Gasteiger partial charge on any atom is -0.490 e. The summed E-state index contributed by atoms with van der Waals surface area (Å²) in [5.74, 6) is 0.0398. The van der Waals surface area contributed by atoms with Crippen molar-refractivity contribution in [3.8, 4) is 5.75 Å². The lowest BCUT2D eigenvalue weighted by molar-refractivity contribution is -0.114. The maximum atomic E-state index is 12.8. The molecule has 0 aliphatic carbocycles. The third-order valence-corrected chi connectivity index (χ3v) is 7.98. The zero-order valence-electron chi connectivity index (χ0n) is 18.7. The van der Waals surface area contributed by atoms with Crippen molar-refractivity contribution in [1.29, 1.82) is 0 Å². The van der Waals surface area contributed by atoms with Crippen LogP contribution in [0.3, 0.4) is 0 Å². The molecule has 0 aromatic heterocycles. The van der Waals surface area contributed by atoms with Crippen LogP contribution in [0.5, 0.6) is 5.75 Å². The van der Waals surface area contributed by atoms with Crippen LogP contribution >= 0.6 is 0 Å². The van der Waals surface area contributed by atoms with Gasteiger partial charge in [-0.15, -0.1) is 0 Å². The number of carbonyl (C=O) groups excluding carboxylic acids is 1. The summed E-state index contributed by atoms with van der Waals surface area (Å²) in [7, 11) is -7.55. The first kappa shape index (κ1) is 25.7. The summed E-state index contributed by atoms with van der Waals surface area (Å²) >= 11 is 0. The molecule has 1 fully saturated rings. The number of morpholine rings is 1. The standard InChI is InChI=1S/C22H27N3O7S2/c1-3-14-32-20-8-4-18(5-9-20)23-22(26)17-25(33(2,27)28)19-6-10-21(11-7-19)34(29,30)24-12-15-31-16-13-24/h3-11H,1,12-17H2,2H3,(H,23,26). The first-order chi connectivity index (χ1) is 16.1. The van der Waals surface area contributed by atoms with Gasteiger partial charge in [0.05, 0.1) is 30.1 Å². The van der Waals surface area contributed by atoms with Crippen LogP contribution in [-0.2, 0) is 29.6 Å². The highest BCUT2D eigenvalue weighted by atomic mass is 32.2. The number of hydrogen-bond donors (Lipinski definition) is 1. The Morgan fingerprint density at radius 1 is 1.09 bits per heavy atom. The number of amides is 1. The van der Waals surface area contributed by atoms with Gasteiger partial charge in [-0.2, -0.15) is 4.31 Å². The number of nitrogens with zero attached hydrogens (tertiary/aromatic N) is 2. The van der Waals surface area contributed by atoms with Gasteiger partial charge in [-0.25, -0.2) is 16.8 Å². The van der Waals surface area contributed by atoms with Gasteiger partial charge in [-0.1, -0.05) is 12.7 Å². The van der Waals surface area contributed by atoms with Gasteiger partial charge in [0.25, 0.3) is 0 Å². The number of rotatable bonds is 10. The van der Waals surface area contributed by atoms with E-state index in [1.165, 1.54) is 28.6 Å². The number of carbonyl (C=O) groups is 1. The molecule has 0 spiro atoms. The minimum absolute atomic E-state index is 0.0369. The number of nitrogens with one attached hydrogen (secondary N) is 1. The molecule has 0 unspecified atom stereocenters. The van der Waals surface area contributed by atoms with E-state index in [4.69, 9.17) is 9.47 Å². The first-order valence-electron chi connectivity index (χ1n) is 10.4. The molecule has 0 radical (unpaired) electrons. The van der Waals surface area contributed by atoms with E-state index in [0.717, 1.165) is 10.6 Å². The molecule has 1 amide bonds. The molecule has 1 aliphatic heterocycles. The number of hydrogen-bond acceptors (Lipinski definition) is 7. The summed E-state index contributed by atoms with van der Waals surface area (Å²) in [6, 6.07) is 12.0. The van der Waals surface area contributed by atoms with Crippen LogP contribution in [0.2, 0.25) is 0 Å². The van der Waals surface area contributed by atoms with E-state index in [1.54, 1.807) is 30.3 Å². The Kier molecular flexibility index (Phi) is 8.31. The molecule has 3 rings (SSSR count). The number of anilines is 2. The second-order valence-corrected chi connectivity index (χ2v) is 11.3. The topological polar surface area (TPSA) is 122 Å². The summed E-state index contributed by atoms with van der Waals surface area (Å²) in [5, 5.41) is 2.64. The number of benzene rings is 2. The normalized spacial score (nSPS) is 14.9. The van der Waals surface area contributed by atoms with Gasteiger partial charge < -0.3 is 14.8 Å². The fraction of sp³-hybridized carbons (Fsp3) is 0.318. The van der Waals surface area contributed by atoms with Crippen molar-refractivity contribution in [3.63, 3.8) is 0 Å². The second-order valence-electron chi connectivity index (χ2n) is 7.45. The predicted octanol–water partition coefficient (Wildman–Crippen LogP) is 1.68. The lowest BCUT2D eigenvalue weighted by Crippen LogP contribution is -2.40. The summed E-state index contributed by atoms with van der Waals surface area (Å²) < 4.78 is 63.1. The molecular weight excluding hydrogens is 482 g/mol. The SMILES string of the molecule is C=CCOc1ccc(NC(=O)CN(c2ccc(S(=O)(=O)N3CCOCC3)cc2)S(C)(=O)=O)cc1. The lowest BCUT2D eigenvalue weighted by Gasteiger charge is -2.26. The van der Waals surface area contributed by atoms with E-state index in [9.17, 15) is 21.6 Å². The molecule has 1 N–H and O–H groups in total. The highest BCUT2D eigenvalue weighted by Crippen LogP contribution is 2.23. The molecule has 1 saturated heterocycles. The van der Waals surface area contributed by atoms with Crippen LogP contribution in [-0.4, -0.2) is 72.8 Å². The summed E-state index contributed by atoms with van der Waals surface area (Å²) in [6.45, 7) is 4.58. The molecule has 10 nitrogen and oxygen atoms in total. The second kappa shape index (κ2) is 11.0. The number of ether oxygens (including phenoxy) is 2. The molecule has 34 heavy (non-hydrogen) atoms. The van der Waals surface area contributed by atoms with E-state index < -0.39 is 32.5 Å². The zero-order chi connectivity index (χ0) is 24.8. The van der Waals surface area contributed by atoms with Crippen molar-refractivity contribution in [3.05, 3.63) is 61.2 Å². The maximum absolute atomic E-state index is 12.8. The van der Waals surface area contributed by atoms with Gasteiger partial charge in [0.1, 0.15) is 18.9 Å². The van der Waals surface area contributed by atoms with E-state index in [1.807, 2.05) is 0 Å². The van der Waals surface area contributed by atoms with Gasteiger partial charge in [0.2, 0.25) is 26.0 Å². The van der Waals surface area contributed by atoms with Gasteiger partial charge in [0.15, 0.2) is 0 Å². The van der Waals surface area contributed by atoms with E-state index in [0.29, 0.717) is 31.3 Å². The summed E-state index contributed by atoms with van der Waals surface area (Å²) in [4.78, 5) is 12.6. The van der Waals surface area contributed by atoms with Crippen LogP contribution in [0.25, 0.3) is 0 Å². The molecule has 12 heteroatoms. The monoisotopic (exact) mass is 509 g/mol. The van der Waals surface area contributed by atoms with E-state index >= 15 is 0 Å². The third-order valence-electron chi connectivity index (χ3n) is 4.93. The molecule has 1 heterocycles. The lowest BCUT2D eigenvalue weighted by atomic mass is 10.3. The van der Waals surface area contributed by atoms with Gasteiger partial charge in [-0.3, -0.25) is 9.10 Å². The summed E-state index contributed by atoms with van der Waals surface area (Å²) in [6.07, 6.45) is 2.59. The smallest absolute Gasteiger partial charge is 0.245 e. The Hall–Kier alpha value is -2.93. The van der Waals surface area contributed by atoms with Crippen molar-refractivity contribution in [2.75, 3.05) is 55.3 Å². The molecule has 184 valence electrons. The third kappa shape index (κ3) is 6.56. The van der Waals surface area contributed by atoms with E-state index in [-0.39, 0.29) is 23.7 Å². The first-order valence-corrected chi connectivity index (χ1v) is 13.7. The van der Waals surface area contributed by atoms with Gasteiger partial charge in [-0.05, 0) is 48.5 Å². The van der Waals surface area contributed by atoms with Crippen LogP contribution < -0.4 is 14.4 Å². The fourth-order valence-corrected chi connectivity index (χ4v) is 5.51. The molecule has 2 aromatic rings. The van der Waals surface area contributed by atoms with Crippen molar-refractivity contribution >= 4 is 37.3 Å². The molecule has 0 saturated carbocycles. The van der Waals surface area contributed by atoms with Crippen molar-refractivity contribution in [2.45, 2.75) is 4.90 Å². The Balaban J connectivity index is 1.72. The Morgan fingerprint density at radius 3 is 2.26 bits per heavy atom. The van der Waals surface area contributed by atoms with Crippen LogP contribution in [0, 0.1) is 0 Å². The van der Waals surface area contributed by atoms with Crippen molar-refractivity contribution in [1.82, 2.24) is 4.31 Å².